The standard InChI is InChI=1S/C42H56N4O9/c1-5-33(34-15-16-38(36-11-8-7-10-35(34)36)55-27-26-54-25-24-53-23-22-52-21-20-51-6-2)14-13-32(4)37(29-42(49)50)46-41(48)30-45-40(47)12-9-18-43-39-28-31(3)17-19-44-39/h5,7-8,10-11,13-17,19,28,37H,4,6,9,12,18,20-27,29-30H2,1-3H3,(H,43,44)(H,45,47)(H,46,48)(H,49,50)/b14-13-,33-5+/t37-/m0/s1. The molecule has 13 nitrogen and oxygen atoms in total. The van der Waals surface area contributed by atoms with Gasteiger partial charge in [-0.15, -0.1) is 0 Å². The third-order valence-electron chi connectivity index (χ3n) is 8.20. The molecule has 0 aliphatic carbocycles. The third-order valence-corrected chi connectivity index (χ3v) is 8.20. The normalized spacial score (nSPS) is 12.1. The summed E-state index contributed by atoms with van der Waals surface area (Å²) in [4.78, 5) is 41.0. The van der Waals surface area contributed by atoms with E-state index >= 15 is 0 Å². The van der Waals surface area contributed by atoms with Crippen molar-refractivity contribution in [3.05, 3.63) is 96.2 Å². The van der Waals surface area contributed by atoms with Crippen LogP contribution in [-0.2, 0) is 33.3 Å². The molecule has 1 aromatic heterocycles. The van der Waals surface area contributed by atoms with Crippen LogP contribution in [0.25, 0.3) is 16.3 Å². The summed E-state index contributed by atoms with van der Waals surface area (Å²) in [5.41, 5.74) is 3.29. The fourth-order valence-electron chi connectivity index (χ4n) is 5.38. The Morgan fingerprint density at radius 2 is 1.55 bits per heavy atom. The smallest absolute Gasteiger partial charge is 0.305 e. The number of aryl methyl sites for hydroxylation is 1. The summed E-state index contributed by atoms with van der Waals surface area (Å²) in [5.74, 6) is -0.442. The van der Waals surface area contributed by atoms with Crippen molar-refractivity contribution in [2.45, 2.75) is 46.1 Å². The van der Waals surface area contributed by atoms with Crippen molar-refractivity contribution < 1.29 is 43.2 Å². The van der Waals surface area contributed by atoms with E-state index in [1.807, 2.05) is 81.5 Å². The van der Waals surface area contributed by atoms with Crippen LogP contribution in [0.15, 0.2) is 85.1 Å². The minimum Gasteiger partial charge on any atom is -0.491 e. The SMILES string of the molecule is C=C(/C=C\C(=C/C)c1ccc(OCCOCCOCCOCCOCC)c2ccccc12)[C@H](CC(=O)O)NC(=O)CNC(=O)CCCNc1cc(C)ccn1. The molecule has 0 aliphatic heterocycles. The van der Waals surface area contributed by atoms with Crippen molar-refractivity contribution >= 4 is 39.9 Å². The molecule has 13 heteroatoms. The number of rotatable bonds is 28. The predicted molar refractivity (Wildman–Crippen MR) is 214 cm³/mol. The minimum atomic E-state index is -1.10. The Morgan fingerprint density at radius 3 is 2.20 bits per heavy atom. The molecule has 0 radical (unpaired) electrons. The number of carbonyl (C=O) groups is 3. The van der Waals surface area contributed by atoms with Crippen LogP contribution in [-0.4, -0.2) is 106 Å². The Bertz CT molecular complexity index is 1730. The zero-order valence-corrected chi connectivity index (χ0v) is 32.3. The number of hydrogen-bond donors (Lipinski definition) is 4. The van der Waals surface area contributed by atoms with E-state index in [0.29, 0.717) is 78.0 Å². The molecule has 55 heavy (non-hydrogen) atoms. The van der Waals surface area contributed by atoms with Crippen LogP contribution in [0, 0.1) is 6.92 Å². The van der Waals surface area contributed by atoms with Crippen LogP contribution < -0.4 is 20.7 Å². The summed E-state index contributed by atoms with van der Waals surface area (Å²) in [6, 6.07) is 14.7. The highest BCUT2D eigenvalue weighted by molar-refractivity contribution is 5.99. The molecule has 0 bridgehead atoms. The number of aromatic nitrogens is 1. The molecule has 1 heterocycles. The fourth-order valence-corrected chi connectivity index (χ4v) is 5.38. The average molecular weight is 761 g/mol. The van der Waals surface area contributed by atoms with Gasteiger partial charge in [-0.05, 0) is 73.1 Å². The first-order valence-corrected chi connectivity index (χ1v) is 18.6. The summed E-state index contributed by atoms with van der Waals surface area (Å²) in [6.45, 7) is 14.7. The molecule has 2 amide bonds. The number of nitrogens with zero attached hydrogens (tertiary/aromatic N) is 1. The fraction of sp³-hybridized carbons (Fsp3) is 0.429. The summed E-state index contributed by atoms with van der Waals surface area (Å²) >= 11 is 0. The number of benzene rings is 2. The van der Waals surface area contributed by atoms with E-state index in [0.717, 1.165) is 39.0 Å². The molecular formula is C42H56N4O9. The van der Waals surface area contributed by atoms with Gasteiger partial charge in [0.25, 0.3) is 0 Å². The number of carboxylic acid groups (broad SMARTS) is 1. The molecule has 3 aromatic rings. The van der Waals surface area contributed by atoms with E-state index in [9.17, 15) is 19.5 Å². The number of pyridine rings is 1. The number of anilines is 1. The van der Waals surface area contributed by atoms with Crippen molar-refractivity contribution in [3.63, 3.8) is 0 Å². The Kier molecular flexibility index (Phi) is 20.8. The molecular weight excluding hydrogens is 704 g/mol. The number of ether oxygens (including phenoxy) is 5. The van der Waals surface area contributed by atoms with Gasteiger partial charge >= 0.3 is 5.97 Å². The van der Waals surface area contributed by atoms with Crippen LogP contribution >= 0.6 is 0 Å². The highest BCUT2D eigenvalue weighted by atomic mass is 16.6. The van der Waals surface area contributed by atoms with Gasteiger partial charge < -0.3 is 44.7 Å². The second-order valence-electron chi connectivity index (χ2n) is 12.4. The van der Waals surface area contributed by atoms with Crippen LogP contribution in [0.2, 0.25) is 0 Å². The van der Waals surface area contributed by atoms with E-state index in [-0.39, 0.29) is 25.3 Å². The number of carboxylic acids is 1. The molecule has 0 fully saturated rings. The minimum absolute atomic E-state index is 0.214. The van der Waals surface area contributed by atoms with Crippen LogP contribution in [0.4, 0.5) is 5.82 Å². The van der Waals surface area contributed by atoms with Gasteiger partial charge in [0, 0.05) is 31.2 Å². The Morgan fingerprint density at radius 1 is 0.873 bits per heavy atom. The van der Waals surface area contributed by atoms with Gasteiger partial charge in [0.2, 0.25) is 11.8 Å². The number of nitrogens with one attached hydrogen (secondary N) is 3. The number of aliphatic carboxylic acids is 1. The first-order valence-electron chi connectivity index (χ1n) is 18.6. The van der Waals surface area contributed by atoms with E-state index in [1.165, 1.54) is 0 Å². The van der Waals surface area contributed by atoms with Crippen LogP contribution in [0.5, 0.6) is 5.75 Å². The summed E-state index contributed by atoms with van der Waals surface area (Å²) < 4.78 is 27.9. The molecule has 0 aliphatic rings. The Labute approximate surface area is 324 Å². The van der Waals surface area contributed by atoms with E-state index < -0.39 is 17.9 Å². The van der Waals surface area contributed by atoms with Gasteiger partial charge in [0.05, 0.1) is 65.3 Å². The lowest BCUT2D eigenvalue weighted by Gasteiger charge is -2.18. The molecule has 0 saturated heterocycles. The quantitative estimate of drug-likeness (QED) is 0.0546. The van der Waals surface area contributed by atoms with Gasteiger partial charge in [-0.2, -0.15) is 0 Å². The second kappa shape index (κ2) is 25.9. The number of hydrogen-bond acceptors (Lipinski definition) is 10. The maximum atomic E-state index is 12.7. The highest BCUT2D eigenvalue weighted by Crippen LogP contribution is 2.33. The van der Waals surface area contributed by atoms with Crippen LogP contribution in [0.1, 0.15) is 44.2 Å². The molecule has 0 unspecified atom stereocenters. The zero-order chi connectivity index (χ0) is 39.7. The van der Waals surface area contributed by atoms with Crippen molar-refractivity contribution in [3.8, 4) is 5.75 Å². The summed E-state index contributed by atoms with van der Waals surface area (Å²) in [6.07, 6.45) is 7.59. The third kappa shape index (κ3) is 17.3. The summed E-state index contributed by atoms with van der Waals surface area (Å²) in [7, 11) is 0. The van der Waals surface area contributed by atoms with E-state index in [4.69, 9.17) is 23.7 Å². The van der Waals surface area contributed by atoms with Gasteiger partial charge in [-0.25, -0.2) is 4.98 Å². The van der Waals surface area contributed by atoms with Crippen LogP contribution in [0.3, 0.4) is 0 Å². The molecule has 2 aromatic carbocycles. The molecule has 3 rings (SSSR count). The van der Waals surface area contributed by atoms with Gasteiger partial charge in [-0.3, -0.25) is 14.4 Å². The average Bonchev–Trinajstić information content (AvgIpc) is 3.17. The Hall–Kier alpha value is -5.08. The zero-order valence-electron chi connectivity index (χ0n) is 32.3. The van der Waals surface area contributed by atoms with E-state index in [1.54, 1.807) is 12.3 Å². The van der Waals surface area contributed by atoms with Crippen molar-refractivity contribution in [1.82, 2.24) is 15.6 Å². The number of allylic oxidation sites excluding steroid dienone is 3. The van der Waals surface area contributed by atoms with Crippen molar-refractivity contribution in [1.29, 1.82) is 0 Å². The second-order valence-corrected chi connectivity index (χ2v) is 12.4. The highest BCUT2D eigenvalue weighted by Gasteiger charge is 2.19. The van der Waals surface area contributed by atoms with Crippen molar-refractivity contribution in [2.75, 3.05) is 77.9 Å². The van der Waals surface area contributed by atoms with E-state index in [2.05, 4.69) is 27.5 Å². The lowest BCUT2D eigenvalue weighted by molar-refractivity contribution is -0.137. The largest absolute Gasteiger partial charge is 0.491 e. The number of carbonyl (C=O) groups excluding carboxylic acids is 2. The molecule has 1 atom stereocenters. The number of fused-ring (bicyclic) bond motifs is 1. The molecule has 0 spiro atoms. The monoisotopic (exact) mass is 760 g/mol. The number of amides is 2. The van der Waals surface area contributed by atoms with Crippen molar-refractivity contribution in [2.24, 2.45) is 0 Å². The molecule has 298 valence electrons. The van der Waals surface area contributed by atoms with Gasteiger partial charge in [0.1, 0.15) is 18.2 Å². The lowest BCUT2D eigenvalue weighted by Crippen LogP contribution is -2.43. The topological polar surface area (TPSA) is 167 Å². The summed E-state index contributed by atoms with van der Waals surface area (Å²) in [5, 5.41) is 19.9. The van der Waals surface area contributed by atoms with Gasteiger partial charge in [-0.1, -0.05) is 55.1 Å². The maximum Gasteiger partial charge on any atom is 0.305 e. The first-order chi connectivity index (χ1) is 26.7. The maximum absolute atomic E-state index is 12.7. The molecule has 0 saturated carbocycles. The van der Waals surface area contributed by atoms with Gasteiger partial charge in [0.15, 0.2) is 0 Å². The lowest BCUT2D eigenvalue weighted by atomic mass is 9.96. The molecule has 4 N–H and O–H groups in total. The predicted octanol–water partition coefficient (Wildman–Crippen LogP) is 5.49. The first kappa shape index (κ1) is 44.3. The Balaban J connectivity index is 1.48.